The molecule has 24 heavy (non-hydrogen) atoms. The van der Waals surface area contributed by atoms with Crippen LogP contribution in [-0.2, 0) is 6.61 Å². The molecule has 1 aromatic heterocycles. The minimum Gasteiger partial charge on any atom is -0.504 e. The fourth-order valence-electron chi connectivity index (χ4n) is 2.77. The molecule has 1 aliphatic heterocycles. The zero-order chi connectivity index (χ0) is 17.0. The van der Waals surface area contributed by atoms with E-state index in [0.29, 0.717) is 11.1 Å². The maximum absolute atomic E-state index is 12.6. The number of rotatable bonds is 1. The average Bonchev–Trinajstić information content (AvgIpc) is 2.56. The van der Waals surface area contributed by atoms with Crippen LogP contribution < -0.4 is 14.9 Å². The fourth-order valence-corrected chi connectivity index (χ4v) is 2.77. The van der Waals surface area contributed by atoms with Crippen LogP contribution in [0.4, 0.5) is 0 Å². The highest BCUT2D eigenvalue weighted by atomic mass is 16.5. The van der Waals surface area contributed by atoms with Gasteiger partial charge in [-0.25, -0.2) is 0 Å². The van der Waals surface area contributed by atoms with E-state index in [-0.39, 0.29) is 40.6 Å². The van der Waals surface area contributed by atoms with E-state index in [9.17, 15) is 20.1 Å². The van der Waals surface area contributed by atoms with Gasteiger partial charge >= 0.3 is 0 Å². The Kier molecular flexibility index (Phi) is 2.86. The zero-order valence-corrected chi connectivity index (χ0v) is 12.5. The number of methoxy groups -OCH3 is 1. The monoisotopic (exact) mass is 328 g/mol. The molecule has 0 aliphatic carbocycles. The Bertz CT molecular complexity index is 1050. The number of fused-ring (bicyclic) bond motifs is 4. The normalized spacial score (nSPS) is 12.4. The fraction of sp³-hybridized carbons (Fsp3) is 0.118. The van der Waals surface area contributed by atoms with Crippen LogP contribution in [0.1, 0.15) is 5.56 Å². The molecule has 2 aromatic carbocycles. The second-order valence-corrected chi connectivity index (χ2v) is 5.40. The van der Waals surface area contributed by atoms with Crippen molar-refractivity contribution in [2.45, 2.75) is 6.61 Å². The standard InChI is InChI=1S/C17H12O7/c1-22-14-4-8-7(2-12(14)20)6-23-17-15(21)9-3-10(18)11(19)5-13(9)24-16(8)17/h2-5,18-20H,6H2,1H3. The van der Waals surface area contributed by atoms with Gasteiger partial charge in [0.15, 0.2) is 28.8 Å². The summed E-state index contributed by atoms with van der Waals surface area (Å²) in [7, 11) is 1.42. The first kappa shape index (κ1) is 14.3. The number of ether oxygens (including phenoxy) is 2. The first-order valence-electron chi connectivity index (χ1n) is 7.05. The van der Waals surface area contributed by atoms with Crippen molar-refractivity contribution in [1.82, 2.24) is 0 Å². The molecule has 0 saturated carbocycles. The van der Waals surface area contributed by atoms with Gasteiger partial charge in [-0.15, -0.1) is 0 Å². The highest BCUT2D eigenvalue weighted by Crippen LogP contribution is 2.43. The summed E-state index contributed by atoms with van der Waals surface area (Å²) in [5.41, 5.74) is 0.834. The molecule has 3 aromatic rings. The van der Waals surface area contributed by atoms with Crippen molar-refractivity contribution in [2.24, 2.45) is 0 Å². The van der Waals surface area contributed by atoms with E-state index in [4.69, 9.17) is 13.9 Å². The molecule has 0 unspecified atom stereocenters. The molecule has 0 fully saturated rings. The molecule has 122 valence electrons. The molecule has 0 atom stereocenters. The van der Waals surface area contributed by atoms with Crippen molar-refractivity contribution < 1.29 is 29.2 Å². The van der Waals surface area contributed by atoms with E-state index in [0.717, 1.165) is 12.1 Å². The number of hydrogen-bond donors (Lipinski definition) is 3. The largest absolute Gasteiger partial charge is 0.504 e. The zero-order valence-electron chi connectivity index (χ0n) is 12.5. The molecule has 7 nitrogen and oxygen atoms in total. The molecular weight excluding hydrogens is 316 g/mol. The van der Waals surface area contributed by atoms with Crippen LogP contribution in [0, 0.1) is 0 Å². The van der Waals surface area contributed by atoms with Gasteiger partial charge in [-0.2, -0.15) is 0 Å². The van der Waals surface area contributed by atoms with Crippen LogP contribution in [0.5, 0.6) is 28.7 Å². The van der Waals surface area contributed by atoms with Crippen LogP contribution >= 0.6 is 0 Å². The molecule has 0 spiro atoms. The van der Waals surface area contributed by atoms with Crippen LogP contribution in [0.3, 0.4) is 0 Å². The van der Waals surface area contributed by atoms with Crippen LogP contribution in [0.15, 0.2) is 33.5 Å². The lowest BCUT2D eigenvalue weighted by Gasteiger charge is -2.20. The Morgan fingerprint density at radius 1 is 1.04 bits per heavy atom. The second kappa shape index (κ2) is 4.82. The summed E-state index contributed by atoms with van der Waals surface area (Å²) >= 11 is 0. The van der Waals surface area contributed by atoms with Crippen LogP contribution in [0.25, 0.3) is 22.3 Å². The predicted octanol–water partition coefficient (Wildman–Crippen LogP) is 2.48. The highest BCUT2D eigenvalue weighted by molar-refractivity contribution is 5.86. The Morgan fingerprint density at radius 3 is 2.54 bits per heavy atom. The molecule has 3 N–H and O–H groups in total. The Balaban J connectivity index is 2.07. The molecule has 2 heterocycles. The Morgan fingerprint density at radius 2 is 1.79 bits per heavy atom. The Hall–Kier alpha value is -3.35. The number of benzene rings is 2. The van der Waals surface area contributed by atoms with Crippen molar-refractivity contribution >= 4 is 11.0 Å². The van der Waals surface area contributed by atoms with E-state index in [2.05, 4.69) is 0 Å². The molecular formula is C17H12O7. The van der Waals surface area contributed by atoms with Gasteiger partial charge in [0.1, 0.15) is 12.2 Å². The van der Waals surface area contributed by atoms with E-state index in [1.54, 1.807) is 6.07 Å². The van der Waals surface area contributed by atoms with Gasteiger partial charge in [0, 0.05) is 17.2 Å². The minimum atomic E-state index is -0.459. The lowest BCUT2D eigenvalue weighted by atomic mass is 10.0. The van der Waals surface area contributed by atoms with Crippen molar-refractivity contribution in [3.63, 3.8) is 0 Å². The van der Waals surface area contributed by atoms with Gasteiger partial charge in [0.25, 0.3) is 0 Å². The van der Waals surface area contributed by atoms with Crippen molar-refractivity contribution in [3.8, 4) is 40.1 Å². The molecule has 1 aliphatic rings. The molecule has 0 radical (unpaired) electrons. The summed E-state index contributed by atoms with van der Waals surface area (Å²) < 4.78 is 16.3. The topological polar surface area (TPSA) is 109 Å². The summed E-state index contributed by atoms with van der Waals surface area (Å²) in [6, 6.07) is 5.34. The second-order valence-electron chi connectivity index (χ2n) is 5.40. The van der Waals surface area contributed by atoms with Crippen LogP contribution in [-0.4, -0.2) is 22.4 Å². The lowest BCUT2D eigenvalue weighted by Crippen LogP contribution is -2.14. The number of phenols is 3. The van der Waals surface area contributed by atoms with Gasteiger partial charge in [-0.1, -0.05) is 0 Å². The summed E-state index contributed by atoms with van der Waals surface area (Å²) in [5, 5.41) is 29.2. The molecule has 7 heteroatoms. The molecule has 0 saturated heterocycles. The summed E-state index contributed by atoms with van der Waals surface area (Å²) in [5.74, 6) is -0.444. The van der Waals surface area contributed by atoms with E-state index in [1.165, 1.54) is 13.2 Å². The van der Waals surface area contributed by atoms with Crippen molar-refractivity contribution in [2.75, 3.05) is 7.11 Å². The maximum Gasteiger partial charge on any atom is 0.235 e. The quantitative estimate of drug-likeness (QED) is 0.589. The third-order valence-corrected chi connectivity index (χ3v) is 3.97. The van der Waals surface area contributed by atoms with Gasteiger partial charge in [-0.05, 0) is 18.2 Å². The lowest BCUT2D eigenvalue weighted by molar-refractivity contribution is 0.288. The van der Waals surface area contributed by atoms with E-state index in [1.807, 2.05) is 0 Å². The smallest absolute Gasteiger partial charge is 0.235 e. The molecule has 0 amide bonds. The van der Waals surface area contributed by atoms with Gasteiger partial charge in [0.05, 0.1) is 12.5 Å². The summed E-state index contributed by atoms with van der Waals surface area (Å²) in [6.07, 6.45) is 0. The van der Waals surface area contributed by atoms with E-state index < -0.39 is 16.9 Å². The van der Waals surface area contributed by atoms with Crippen molar-refractivity contribution in [1.29, 1.82) is 0 Å². The average molecular weight is 328 g/mol. The first-order valence-corrected chi connectivity index (χ1v) is 7.05. The van der Waals surface area contributed by atoms with Gasteiger partial charge < -0.3 is 29.2 Å². The van der Waals surface area contributed by atoms with Gasteiger partial charge in [-0.3, -0.25) is 4.79 Å². The van der Waals surface area contributed by atoms with E-state index >= 15 is 0 Å². The predicted molar refractivity (Wildman–Crippen MR) is 83.8 cm³/mol. The first-order chi connectivity index (χ1) is 11.5. The highest BCUT2D eigenvalue weighted by Gasteiger charge is 2.26. The number of phenolic OH excluding ortho intramolecular Hbond substituents is 3. The van der Waals surface area contributed by atoms with Crippen molar-refractivity contribution in [3.05, 3.63) is 40.1 Å². The third-order valence-electron chi connectivity index (χ3n) is 3.97. The van der Waals surface area contributed by atoms with Gasteiger partial charge in [0.2, 0.25) is 11.2 Å². The summed E-state index contributed by atoms with van der Waals surface area (Å²) in [6.45, 7) is 0.0836. The Labute approximate surface area is 134 Å². The third kappa shape index (κ3) is 1.88. The summed E-state index contributed by atoms with van der Waals surface area (Å²) in [4.78, 5) is 12.6. The maximum atomic E-state index is 12.6. The minimum absolute atomic E-state index is 0.00725. The number of hydrogen-bond acceptors (Lipinski definition) is 7. The molecule has 4 rings (SSSR count). The van der Waals surface area contributed by atoms with Crippen LogP contribution in [0.2, 0.25) is 0 Å². The molecule has 0 bridgehead atoms. The SMILES string of the molecule is COc1cc2c(cc1O)COc1c-2oc2cc(O)c(O)cc2c1=O. The number of aromatic hydroxyl groups is 3.